The van der Waals surface area contributed by atoms with E-state index in [0.29, 0.717) is 0 Å². The molecule has 0 heterocycles. The van der Waals surface area contributed by atoms with Gasteiger partial charge in [-0.25, -0.2) is 0 Å². The number of likely N-dealkylation sites (N-methyl/N-ethyl adjacent to an activating group) is 1. The van der Waals surface area contributed by atoms with Gasteiger partial charge in [0.1, 0.15) is 12.1 Å². The Kier molecular flexibility index (Phi) is 10.3. The van der Waals surface area contributed by atoms with Crippen molar-refractivity contribution in [3.8, 4) is 0 Å². The van der Waals surface area contributed by atoms with Crippen molar-refractivity contribution in [3.63, 3.8) is 0 Å². The Morgan fingerprint density at radius 2 is 1.77 bits per heavy atom. The average Bonchev–Trinajstić information content (AvgIpc) is 2.49. The first-order valence-electron chi connectivity index (χ1n) is 8.73. The van der Waals surface area contributed by atoms with Crippen molar-refractivity contribution in [2.24, 2.45) is 0 Å². The van der Waals surface area contributed by atoms with Gasteiger partial charge in [-0.2, -0.15) is 0 Å². The molecule has 121 valence electrons. The molecule has 3 radical (unpaired) electrons. The summed E-state index contributed by atoms with van der Waals surface area (Å²) in [6.45, 7) is 3.36. The molecule has 1 aliphatic rings. The number of allylic oxidation sites excluding steroid dienone is 5. The van der Waals surface area contributed by atoms with Crippen molar-refractivity contribution in [1.29, 1.82) is 0 Å². The smallest absolute Gasteiger partial charge is 0.177 e. The van der Waals surface area contributed by atoms with E-state index in [1.54, 1.807) is 0 Å². The van der Waals surface area contributed by atoms with Crippen LogP contribution in [0.5, 0.6) is 0 Å². The summed E-state index contributed by atoms with van der Waals surface area (Å²) in [4.78, 5) is 0. The number of hydrogen-bond acceptors (Lipinski definition) is 1. The minimum atomic E-state index is 0.920. The minimum absolute atomic E-state index is 0.920. The molecule has 0 unspecified atom stereocenters. The van der Waals surface area contributed by atoms with Crippen LogP contribution in [0.2, 0.25) is 6.04 Å². The van der Waals surface area contributed by atoms with Crippen molar-refractivity contribution >= 4 is 10.2 Å². The molecule has 0 aromatic heterocycles. The minimum Gasteiger partial charge on any atom is -0.311 e. The van der Waals surface area contributed by atoms with Gasteiger partial charge in [0.15, 0.2) is 6.20 Å². The van der Waals surface area contributed by atoms with Gasteiger partial charge in [-0.05, 0) is 13.0 Å². The molecule has 0 aromatic carbocycles. The van der Waals surface area contributed by atoms with E-state index in [2.05, 4.69) is 66.6 Å². The van der Waals surface area contributed by atoms with Gasteiger partial charge in [-0.3, -0.25) is 4.48 Å². The quantitative estimate of drug-likeness (QED) is 0.250. The number of nitrogens with zero attached hydrogens (tertiary/aromatic N) is 1. The van der Waals surface area contributed by atoms with Crippen molar-refractivity contribution < 1.29 is 4.48 Å². The number of unbranched alkanes of at least 4 members (excludes halogenated alkanes) is 5. The summed E-state index contributed by atoms with van der Waals surface area (Å²) in [5.41, 5.74) is 1.30. The van der Waals surface area contributed by atoms with Crippen LogP contribution in [0.1, 0.15) is 38.5 Å². The van der Waals surface area contributed by atoms with E-state index < -0.39 is 0 Å². The highest BCUT2D eigenvalue weighted by Crippen LogP contribution is 2.12. The number of nitrogens with one attached hydrogen (secondary N) is 1. The first-order valence-corrected chi connectivity index (χ1v) is 9.44. The number of quaternary nitrogens is 1. The third kappa shape index (κ3) is 10.0. The van der Waals surface area contributed by atoms with Gasteiger partial charge in [0.25, 0.3) is 0 Å². The maximum absolute atomic E-state index is 3.59. The third-order valence-electron chi connectivity index (χ3n) is 3.94. The number of hydrogen-bond donors (Lipinski definition) is 1. The third-order valence-corrected chi connectivity index (χ3v) is 4.30. The maximum Gasteiger partial charge on any atom is 0.177 e. The molecule has 0 amide bonds. The molecule has 0 aromatic rings. The molecule has 1 aliphatic carbocycles. The van der Waals surface area contributed by atoms with Gasteiger partial charge in [0.05, 0.1) is 14.1 Å². The van der Waals surface area contributed by atoms with Crippen LogP contribution in [0.15, 0.2) is 36.1 Å². The Morgan fingerprint density at radius 1 is 1.05 bits per heavy atom. The standard InChI is InChI=1S/C19H33N2Si/c1-21(2,18-19-12-8-7-9-13-19)16-15-20-14-10-5-3-4-6-11-17-22/h7-9,12-13,18,20H,3-6,10-11,14-17H2,1-2H3/q+2. The van der Waals surface area contributed by atoms with Crippen LogP contribution in [0, 0.1) is 6.42 Å². The average molecular weight is 318 g/mol. The molecule has 0 saturated heterocycles. The molecule has 0 aliphatic heterocycles. The first kappa shape index (κ1) is 19.3. The van der Waals surface area contributed by atoms with Gasteiger partial charge >= 0.3 is 0 Å². The van der Waals surface area contributed by atoms with Crippen LogP contribution >= 0.6 is 0 Å². The molecule has 0 fully saturated rings. The summed E-state index contributed by atoms with van der Waals surface area (Å²) in [5, 5.41) is 3.59. The second-order valence-electron chi connectivity index (χ2n) is 6.66. The highest BCUT2D eigenvalue weighted by atomic mass is 28.1. The Balaban J connectivity index is 2.01. The first-order chi connectivity index (χ1) is 10.6. The molecule has 0 bridgehead atoms. The fourth-order valence-corrected chi connectivity index (χ4v) is 2.83. The molecule has 1 rings (SSSR count). The van der Waals surface area contributed by atoms with E-state index in [-0.39, 0.29) is 0 Å². The summed E-state index contributed by atoms with van der Waals surface area (Å²) in [5.74, 6) is 0. The van der Waals surface area contributed by atoms with E-state index in [1.165, 1.54) is 44.1 Å². The summed E-state index contributed by atoms with van der Waals surface area (Å²) in [7, 11) is 8.05. The highest BCUT2D eigenvalue weighted by Gasteiger charge is 2.17. The van der Waals surface area contributed by atoms with Crippen molar-refractivity contribution in [3.05, 3.63) is 42.5 Å². The second-order valence-corrected chi connectivity index (χ2v) is 7.16. The summed E-state index contributed by atoms with van der Waals surface area (Å²) in [6.07, 6.45) is 21.1. The van der Waals surface area contributed by atoms with E-state index >= 15 is 0 Å². The SMILES string of the molecule is C[N+](C)(C=C1C=CC=C[CH+]1)CCNCCCCCCCC[Si]. The molecule has 0 spiro atoms. The lowest BCUT2D eigenvalue weighted by atomic mass is 10.1. The molecular weight excluding hydrogens is 284 g/mol. The predicted octanol–water partition coefficient (Wildman–Crippen LogP) is 3.79. The van der Waals surface area contributed by atoms with Crippen molar-refractivity contribution in [2.75, 3.05) is 33.7 Å². The van der Waals surface area contributed by atoms with Gasteiger partial charge in [-0.15, -0.1) is 0 Å². The molecule has 0 atom stereocenters. The molecule has 2 nitrogen and oxygen atoms in total. The molecule has 1 N–H and O–H groups in total. The van der Waals surface area contributed by atoms with Crippen LogP contribution in [-0.4, -0.2) is 48.5 Å². The lowest BCUT2D eigenvalue weighted by Gasteiger charge is -2.23. The van der Waals surface area contributed by atoms with Gasteiger partial charge < -0.3 is 5.32 Å². The lowest BCUT2D eigenvalue weighted by Crippen LogP contribution is -2.40. The van der Waals surface area contributed by atoms with Crippen molar-refractivity contribution in [2.45, 2.75) is 44.6 Å². The predicted molar refractivity (Wildman–Crippen MR) is 98.8 cm³/mol. The zero-order valence-electron chi connectivity index (χ0n) is 14.5. The van der Waals surface area contributed by atoms with E-state index in [0.717, 1.165) is 30.2 Å². The number of rotatable bonds is 12. The van der Waals surface area contributed by atoms with Gasteiger partial charge in [0.2, 0.25) is 0 Å². The van der Waals surface area contributed by atoms with Crippen LogP contribution in [-0.2, 0) is 0 Å². The normalized spacial score (nSPS) is 16.2. The highest BCUT2D eigenvalue weighted by molar-refractivity contribution is 6.08. The van der Waals surface area contributed by atoms with Crippen LogP contribution in [0.4, 0.5) is 0 Å². The zero-order valence-corrected chi connectivity index (χ0v) is 15.5. The molecule has 22 heavy (non-hydrogen) atoms. The second kappa shape index (κ2) is 11.7. The molecular formula is C19H33N2Si+2. The Labute approximate surface area is 141 Å². The van der Waals surface area contributed by atoms with Crippen molar-refractivity contribution in [1.82, 2.24) is 5.32 Å². The van der Waals surface area contributed by atoms with E-state index in [9.17, 15) is 0 Å². The van der Waals surface area contributed by atoms with Crippen LogP contribution in [0.25, 0.3) is 0 Å². The maximum atomic E-state index is 3.59. The summed E-state index contributed by atoms with van der Waals surface area (Å²) in [6, 6.07) is 1.15. The fraction of sp³-hybridized carbons (Fsp3) is 0.632. The fourth-order valence-electron chi connectivity index (χ4n) is 2.58. The Bertz CT molecular complexity index is 370. The largest absolute Gasteiger partial charge is 0.311 e. The topological polar surface area (TPSA) is 12.0 Å². The monoisotopic (exact) mass is 317 g/mol. The summed E-state index contributed by atoms with van der Waals surface area (Å²) >= 11 is 0. The van der Waals surface area contributed by atoms with Gasteiger partial charge in [0, 0.05) is 47.5 Å². The van der Waals surface area contributed by atoms with Crippen LogP contribution < -0.4 is 5.32 Å². The lowest BCUT2D eigenvalue weighted by molar-refractivity contribution is -0.837. The van der Waals surface area contributed by atoms with E-state index in [1.807, 2.05) is 0 Å². The molecule has 0 saturated carbocycles. The van der Waals surface area contributed by atoms with E-state index in [4.69, 9.17) is 0 Å². The Morgan fingerprint density at radius 3 is 2.45 bits per heavy atom. The molecule has 3 heteroatoms. The van der Waals surface area contributed by atoms with Crippen LogP contribution in [0.3, 0.4) is 0 Å². The zero-order chi connectivity index (χ0) is 16.1. The Hall–Kier alpha value is -0.773. The van der Waals surface area contributed by atoms with Gasteiger partial charge in [-0.1, -0.05) is 38.1 Å². The summed E-state index contributed by atoms with van der Waals surface area (Å²) < 4.78 is 0.920.